The molecule has 0 unspecified atom stereocenters. The van der Waals surface area contributed by atoms with E-state index >= 15 is 0 Å². The molecule has 1 aliphatic rings. The summed E-state index contributed by atoms with van der Waals surface area (Å²) in [4.78, 5) is 13.8. The number of carbonyl (C=O) groups excluding carboxylic acids is 1. The van der Waals surface area contributed by atoms with Crippen molar-refractivity contribution < 1.29 is 4.79 Å². The lowest BCUT2D eigenvalue weighted by Crippen LogP contribution is -2.43. The van der Waals surface area contributed by atoms with E-state index in [9.17, 15) is 4.79 Å². The van der Waals surface area contributed by atoms with E-state index < -0.39 is 0 Å². The van der Waals surface area contributed by atoms with Crippen molar-refractivity contribution in [2.75, 3.05) is 6.54 Å². The largest absolute Gasteiger partial charge is 0.338 e. The molecule has 1 fully saturated rings. The van der Waals surface area contributed by atoms with Crippen molar-refractivity contribution in [1.82, 2.24) is 10.6 Å². The molecular weight excluding hydrogens is 472 g/mol. The van der Waals surface area contributed by atoms with Gasteiger partial charge in [0.25, 0.3) is 0 Å². The molecule has 3 nitrogen and oxygen atoms in total. The van der Waals surface area contributed by atoms with E-state index in [-0.39, 0.29) is 6.03 Å². The van der Waals surface area contributed by atoms with Crippen LogP contribution in [0.3, 0.4) is 0 Å². The molecule has 0 spiro atoms. The Kier molecular flexibility index (Phi) is 8.81. The lowest BCUT2D eigenvalue weighted by molar-refractivity contribution is 0.233. The lowest BCUT2D eigenvalue weighted by atomic mass is 9.95. The Morgan fingerprint density at radius 1 is 0.784 bits per heavy atom. The van der Waals surface area contributed by atoms with Crippen molar-refractivity contribution in [1.29, 1.82) is 0 Å². The third-order valence-corrected chi connectivity index (χ3v) is 8.26. The van der Waals surface area contributed by atoms with Crippen molar-refractivity contribution in [2.24, 2.45) is 0 Å². The average Bonchev–Trinajstić information content (AvgIpc) is 2.93. The maximum atomic E-state index is 12.5. The topological polar surface area (TPSA) is 41.1 Å². The number of carbonyl (C=O) groups is 1. The normalized spacial score (nSPS) is 13.9. The molecule has 4 heteroatoms. The second-order valence-electron chi connectivity index (χ2n) is 10.1. The van der Waals surface area contributed by atoms with Crippen molar-refractivity contribution in [3.8, 4) is 0 Å². The minimum absolute atomic E-state index is 0.0317. The van der Waals surface area contributed by atoms with Crippen LogP contribution in [0.5, 0.6) is 0 Å². The van der Waals surface area contributed by atoms with E-state index in [1.54, 1.807) is 0 Å². The highest BCUT2D eigenvalue weighted by molar-refractivity contribution is 7.98. The number of nitrogens with one attached hydrogen (secondary N) is 2. The molecule has 0 heterocycles. The molecule has 1 saturated carbocycles. The summed E-state index contributed by atoms with van der Waals surface area (Å²) < 4.78 is 0. The van der Waals surface area contributed by atoms with Gasteiger partial charge >= 0.3 is 6.03 Å². The van der Waals surface area contributed by atoms with E-state index in [2.05, 4.69) is 102 Å². The predicted molar refractivity (Wildman–Crippen MR) is 156 cm³/mol. The summed E-state index contributed by atoms with van der Waals surface area (Å²) in [5.74, 6) is 0.955. The van der Waals surface area contributed by atoms with Gasteiger partial charge in [-0.2, -0.15) is 0 Å². The Labute approximate surface area is 225 Å². The van der Waals surface area contributed by atoms with Crippen LogP contribution in [0.15, 0.2) is 95.9 Å². The zero-order valence-corrected chi connectivity index (χ0v) is 22.2. The first kappa shape index (κ1) is 25.4. The molecule has 2 N–H and O–H groups in total. The van der Waals surface area contributed by atoms with Crippen molar-refractivity contribution >= 4 is 28.6 Å². The van der Waals surface area contributed by atoms with E-state index in [4.69, 9.17) is 0 Å². The summed E-state index contributed by atoms with van der Waals surface area (Å²) in [6.07, 6.45) is 7.64. The first-order valence-electron chi connectivity index (χ1n) is 13.5. The molecule has 0 aliphatic heterocycles. The van der Waals surface area contributed by atoms with Gasteiger partial charge in [-0.1, -0.05) is 98.1 Å². The van der Waals surface area contributed by atoms with Crippen molar-refractivity contribution in [2.45, 2.75) is 61.6 Å². The quantitative estimate of drug-likeness (QED) is 0.226. The van der Waals surface area contributed by atoms with Crippen LogP contribution in [0.1, 0.15) is 54.4 Å². The molecule has 2 amide bonds. The Morgan fingerprint density at radius 3 is 2.27 bits per heavy atom. The van der Waals surface area contributed by atoms with Crippen molar-refractivity contribution in [3.63, 3.8) is 0 Å². The molecule has 190 valence electrons. The molecule has 0 radical (unpaired) electrons. The second kappa shape index (κ2) is 12.8. The maximum Gasteiger partial charge on any atom is 0.315 e. The summed E-state index contributed by atoms with van der Waals surface area (Å²) >= 11 is 1.87. The fourth-order valence-electron chi connectivity index (χ4n) is 5.25. The number of rotatable bonds is 9. The Hall–Kier alpha value is -3.24. The number of thioether (sulfide) groups is 1. The van der Waals surface area contributed by atoms with Crippen molar-refractivity contribution in [3.05, 3.63) is 113 Å². The Bertz CT molecular complexity index is 1300. The predicted octanol–water partition coefficient (Wildman–Crippen LogP) is 7.90. The van der Waals surface area contributed by atoms with Crippen LogP contribution in [0.4, 0.5) is 4.79 Å². The monoisotopic (exact) mass is 508 g/mol. The first-order valence-corrected chi connectivity index (χ1v) is 14.5. The zero-order chi connectivity index (χ0) is 25.3. The van der Waals surface area contributed by atoms with Gasteiger partial charge in [0.2, 0.25) is 0 Å². The molecule has 4 aromatic rings. The summed E-state index contributed by atoms with van der Waals surface area (Å²) in [5, 5.41) is 8.84. The van der Waals surface area contributed by atoms with Crippen LogP contribution in [0, 0.1) is 0 Å². The number of hydrogen-bond donors (Lipinski definition) is 2. The van der Waals surface area contributed by atoms with Crippen LogP contribution < -0.4 is 10.6 Å². The third-order valence-electron chi connectivity index (χ3n) is 7.19. The van der Waals surface area contributed by atoms with E-state index in [0.29, 0.717) is 12.6 Å². The minimum atomic E-state index is -0.0317. The van der Waals surface area contributed by atoms with Crippen LogP contribution in [-0.2, 0) is 18.6 Å². The maximum absolute atomic E-state index is 12.5. The SMILES string of the molecule is O=C(NCCc1cc(Cc2ccccc2)cc2ccc(SCc3ccccc3)cc12)NC1CCCCC1. The van der Waals surface area contributed by atoms with Gasteiger partial charge in [-0.15, -0.1) is 11.8 Å². The van der Waals surface area contributed by atoms with Gasteiger partial charge in [0, 0.05) is 23.2 Å². The van der Waals surface area contributed by atoms with Crippen LogP contribution in [-0.4, -0.2) is 18.6 Å². The molecular formula is C33H36N2OS. The summed E-state index contributed by atoms with van der Waals surface area (Å²) in [7, 11) is 0. The number of fused-ring (bicyclic) bond motifs is 1. The summed E-state index contributed by atoms with van der Waals surface area (Å²) in [5.41, 5.74) is 5.25. The summed E-state index contributed by atoms with van der Waals surface area (Å²) in [6, 6.07) is 33.0. The van der Waals surface area contributed by atoms with E-state index in [1.807, 2.05) is 11.8 Å². The fourth-order valence-corrected chi connectivity index (χ4v) is 6.14. The van der Waals surface area contributed by atoms with Gasteiger partial charge in [-0.25, -0.2) is 4.79 Å². The van der Waals surface area contributed by atoms with Crippen LogP contribution in [0.2, 0.25) is 0 Å². The third kappa shape index (κ3) is 7.39. The Morgan fingerprint density at radius 2 is 1.51 bits per heavy atom. The minimum Gasteiger partial charge on any atom is -0.338 e. The molecule has 5 rings (SSSR count). The number of benzene rings is 4. The molecule has 0 saturated heterocycles. The van der Waals surface area contributed by atoms with Crippen LogP contribution in [0.25, 0.3) is 10.8 Å². The van der Waals surface area contributed by atoms with Gasteiger partial charge in [-0.3, -0.25) is 0 Å². The zero-order valence-electron chi connectivity index (χ0n) is 21.4. The van der Waals surface area contributed by atoms with Gasteiger partial charge in [0.1, 0.15) is 0 Å². The van der Waals surface area contributed by atoms with E-state index in [0.717, 1.165) is 31.4 Å². The van der Waals surface area contributed by atoms with Gasteiger partial charge in [0.05, 0.1) is 0 Å². The standard InChI is InChI=1S/C33H36N2OS/c36-33(35-30-14-8-3-9-15-30)34-19-18-29-22-27(20-25-10-4-1-5-11-25)21-28-16-17-31(23-32(28)29)37-24-26-12-6-2-7-13-26/h1-2,4-7,10-13,16-17,21-23,30H,3,8-9,14-15,18-20,24H2,(H2,34,35,36). The lowest BCUT2D eigenvalue weighted by Gasteiger charge is -2.23. The van der Waals surface area contributed by atoms with Gasteiger partial charge in [-0.05, 0) is 70.8 Å². The molecule has 0 bridgehead atoms. The van der Waals surface area contributed by atoms with Gasteiger partial charge in [0.15, 0.2) is 0 Å². The number of urea groups is 1. The number of amides is 2. The first-order chi connectivity index (χ1) is 18.2. The smallest absolute Gasteiger partial charge is 0.315 e. The molecule has 4 aromatic carbocycles. The molecule has 1 aliphatic carbocycles. The fraction of sp³-hybridized carbons (Fsp3) is 0.303. The highest BCUT2D eigenvalue weighted by atomic mass is 32.2. The molecule has 0 aromatic heterocycles. The average molecular weight is 509 g/mol. The molecule has 37 heavy (non-hydrogen) atoms. The van der Waals surface area contributed by atoms with E-state index in [1.165, 1.54) is 57.2 Å². The highest BCUT2D eigenvalue weighted by Crippen LogP contribution is 2.30. The highest BCUT2D eigenvalue weighted by Gasteiger charge is 2.15. The second-order valence-corrected chi connectivity index (χ2v) is 11.1. The Balaban J connectivity index is 1.32. The van der Waals surface area contributed by atoms with Gasteiger partial charge < -0.3 is 10.6 Å². The number of hydrogen-bond acceptors (Lipinski definition) is 2. The summed E-state index contributed by atoms with van der Waals surface area (Å²) in [6.45, 7) is 0.629. The molecule has 0 atom stereocenters. The van der Waals surface area contributed by atoms with Crippen LogP contribution >= 0.6 is 11.8 Å².